The van der Waals surface area contributed by atoms with Gasteiger partial charge < -0.3 is 10.2 Å². The van der Waals surface area contributed by atoms with Crippen molar-refractivity contribution in [3.8, 4) is 0 Å². The molecular formula is C31H58N4O2. The number of nitrogens with zero attached hydrogens (tertiary/aromatic N) is 3. The monoisotopic (exact) mass is 518 g/mol. The summed E-state index contributed by atoms with van der Waals surface area (Å²) in [5.41, 5.74) is 2.03. The number of rotatable bonds is 14. The number of urea groups is 1. The van der Waals surface area contributed by atoms with E-state index in [2.05, 4.69) is 69.0 Å². The van der Waals surface area contributed by atoms with E-state index < -0.39 is 0 Å². The van der Waals surface area contributed by atoms with Crippen molar-refractivity contribution >= 4 is 24.4 Å². The zero-order valence-electron chi connectivity index (χ0n) is 25.8. The van der Waals surface area contributed by atoms with E-state index in [1.165, 1.54) is 51.4 Å². The molecule has 0 fully saturated rings. The summed E-state index contributed by atoms with van der Waals surface area (Å²) in [4.78, 5) is 33.6. The molecule has 0 aromatic rings. The predicted molar refractivity (Wildman–Crippen MR) is 162 cm³/mol. The molecule has 1 unspecified atom stereocenters. The van der Waals surface area contributed by atoms with Crippen LogP contribution in [0, 0.1) is 11.3 Å². The summed E-state index contributed by atoms with van der Waals surface area (Å²) in [5, 5.41) is 2.53. The maximum Gasteiger partial charge on any atom is 0.342 e. The van der Waals surface area contributed by atoms with Crippen molar-refractivity contribution in [1.29, 1.82) is 0 Å². The van der Waals surface area contributed by atoms with Crippen LogP contribution in [-0.4, -0.2) is 42.9 Å². The van der Waals surface area contributed by atoms with Crippen molar-refractivity contribution in [3.63, 3.8) is 0 Å². The molecule has 0 heterocycles. The topological polar surface area (TPSA) is 74.1 Å². The molecule has 1 atom stereocenters. The van der Waals surface area contributed by atoms with E-state index in [1.54, 1.807) is 20.3 Å². The molecule has 0 spiro atoms. The van der Waals surface area contributed by atoms with Gasteiger partial charge in [-0.1, -0.05) is 125 Å². The molecule has 214 valence electrons. The lowest BCUT2D eigenvalue weighted by atomic mass is 9.75. The summed E-state index contributed by atoms with van der Waals surface area (Å²) in [6, 6.07) is -0.385. The zero-order chi connectivity index (χ0) is 28.7. The van der Waals surface area contributed by atoms with Crippen LogP contribution in [0.2, 0.25) is 0 Å². The van der Waals surface area contributed by atoms with Gasteiger partial charge in [-0.3, -0.25) is 4.79 Å². The summed E-state index contributed by atoms with van der Waals surface area (Å²) in [6.07, 6.45) is 19.2. The Morgan fingerprint density at radius 2 is 1.54 bits per heavy atom. The molecule has 1 N–H and O–H groups in total. The van der Waals surface area contributed by atoms with Crippen LogP contribution in [0.1, 0.15) is 127 Å². The van der Waals surface area contributed by atoms with Crippen molar-refractivity contribution in [2.24, 2.45) is 21.3 Å². The first-order chi connectivity index (χ1) is 17.7. The Kier molecular flexibility index (Phi) is 22.9. The van der Waals surface area contributed by atoms with E-state index in [9.17, 15) is 9.59 Å². The van der Waals surface area contributed by atoms with Crippen molar-refractivity contribution < 1.29 is 9.59 Å². The zero-order valence-corrected chi connectivity index (χ0v) is 25.8. The van der Waals surface area contributed by atoms with Gasteiger partial charge in [-0.25, -0.2) is 9.79 Å². The van der Waals surface area contributed by atoms with Crippen LogP contribution in [0.5, 0.6) is 0 Å². The van der Waals surface area contributed by atoms with Crippen molar-refractivity contribution in [1.82, 2.24) is 10.2 Å². The second kappa shape index (κ2) is 22.9. The van der Waals surface area contributed by atoms with Crippen LogP contribution in [0.25, 0.3) is 0 Å². The average Bonchev–Trinajstić information content (AvgIpc) is 2.88. The normalized spacial score (nSPS) is 16.5. The fourth-order valence-electron chi connectivity index (χ4n) is 3.66. The number of hydrogen-bond acceptors (Lipinski definition) is 3. The third-order valence-corrected chi connectivity index (χ3v) is 6.16. The molecule has 0 aromatic carbocycles. The van der Waals surface area contributed by atoms with E-state index in [4.69, 9.17) is 0 Å². The minimum absolute atomic E-state index is 0.0684. The van der Waals surface area contributed by atoms with Gasteiger partial charge in [0, 0.05) is 13.6 Å². The van der Waals surface area contributed by atoms with Crippen molar-refractivity contribution in [3.05, 3.63) is 23.5 Å². The molecule has 1 rings (SSSR count). The maximum absolute atomic E-state index is 11.8. The highest BCUT2D eigenvalue weighted by Crippen LogP contribution is 2.38. The van der Waals surface area contributed by atoms with Gasteiger partial charge in [-0.15, -0.1) is 0 Å². The van der Waals surface area contributed by atoms with E-state index in [1.807, 2.05) is 18.7 Å². The Labute approximate surface area is 229 Å². The lowest BCUT2D eigenvalue weighted by molar-refractivity contribution is -0.102. The highest BCUT2D eigenvalue weighted by molar-refractivity contribution is 6.27. The first-order valence-corrected chi connectivity index (χ1v) is 14.6. The molecular weight excluding hydrogens is 460 g/mol. The van der Waals surface area contributed by atoms with Crippen LogP contribution < -0.4 is 5.32 Å². The third kappa shape index (κ3) is 17.0. The number of aldehydes is 1. The smallest absolute Gasteiger partial charge is 0.339 e. The van der Waals surface area contributed by atoms with Gasteiger partial charge in [-0.05, 0) is 24.7 Å². The standard InChI is InChI=1S/C26H44N4O2.C3H8.C2H6/c1-7-8-9-10-11-12-13-14-15-16-30(20-28-25(32)27-6)24-18-26(4,5)21(2)17-23(24)29-22(3)19-31;1-3-2;1-2/h17-21H,7-16H2,1-6H3,(H,27,32);3H2,1-2H3;1-2H3/b28-20+,29-22?;;. The quantitative estimate of drug-likeness (QED) is 0.108. The Morgan fingerprint density at radius 1 is 1.03 bits per heavy atom. The number of aliphatic imine (C=N–C) groups is 2. The van der Waals surface area contributed by atoms with Crippen LogP contribution >= 0.6 is 0 Å². The van der Waals surface area contributed by atoms with E-state index in [0.29, 0.717) is 5.71 Å². The fourth-order valence-corrected chi connectivity index (χ4v) is 3.66. The molecule has 37 heavy (non-hydrogen) atoms. The molecule has 1 aliphatic rings. The number of unbranched alkanes of at least 4 members (excludes halogenated alkanes) is 8. The van der Waals surface area contributed by atoms with Gasteiger partial charge in [0.15, 0.2) is 6.29 Å². The molecule has 0 saturated carbocycles. The lowest BCUT2D eigenvalue weighted by Gasteiger charge is -2.35. The number of hydrogen-bond donors (Lipinski definition) is 1. The predicted octanol–water partition coefficient (Wildman–Crippen LogP) is 8.73. The fraction of sp³-hybridized carbons (Fsp3) is 0.742. The largest absolute Gasteiger partial charge is 0.342 e. The summed E-state index contributed by atoms with van der Waals surface area (Å²) < 4.78 is 0. The van der Waals surface area contributed by atoms with E-state index >= 15 is 0 Å². The van der Waals surface area contributed by atoms with Crippen LogP contribution in [0.15, 0.2) is 33.5 Å². The molecule has 0 aromatic heterocycles. The van der Waals surface area contributed by atoms with Crippen LogP contribution in [0.4, 0.5) is 4.79 Å². The third-order valence-electron chi connectivity index (χ3n) is 6.16. The minimum Gasteiger partial charge on any atom is -0.339 e. The number of carbonyl (C=O) groups excluding carboxylic acids is 2. The minimum atomic E-state index is -0.385. The number of nitrogens with one attached hydrogen (secondary N) is 1. The van der Waals surface area contributed by atoms with Gasteiger partial charge in [0.1, 0.15) is 6.34 Å². The van der Waals surface area contributed by atoms with Crippen LogP contribution in [0.3, 0.4) is 0 Å². The first-order valence-electron chi connectivity index (χ1n) is 14.6. The van der Waals surface area contributed by atoms with Crippen molar-refractivity contribution in [2.45, 2.75) is 127 Å². The lowest BCUT2D eigenvalue weighted by Crippen LogP contribution is -2.31. The second-order valence-electron chi connectivity index (χ2n) is 10.1. The van der Waals surface area contributed by atoms with Gasteiger partial charge in [0.05, 0.1) is 17.1 Å². The molecule has 2 amide bonds. The molecule has 6 nitrogen and oxygen atoms in total. The molecule has 0 radical (unpaired) electrons. The maximum atomic E-state index is 11.8. The SMILES string of the molecule is CC.CCC.CCCCCCCCCCCN(/C=N/C(=O)NC)C1=CC(C)(C)C(C)C=C1N=C(C)C=O. The summed E-state index contributed by atoms with van der Waals surface area (Å²) in [5.74, 6) is 0.273. The highest BCUT2D eigenvalue weighted by atomic mass is 16.2. The van der Waals surface area contributed by atoms with Gasteiger partial charge >= 0.3 is 6.03 Å². The van der Waals surface area contributed by atoms with Gasteiger partial charge in [-0.2, -0.15) is 4.99 Å². The molecule has 0 aliphatic heterocycles. The molecule has 0 bridgehead atoms. The van der Waals surface area contributed by atoms with Gasteiger partial charge in [0.2, 0.25) is 0 Å². The van der Waals surface area contributed by atoms with Crippen LogP contribution in [-0.2, 0) is 4.79 Å². The molecule has 0 saturated heterocycles. The molecule has 1 aliphatic carbocycles. The van der Waals surface area contributed by atoms with Crippen molar-refractivity contribution in [2.75, 3.05) is 13.6 Å². The van der Waals surface area contributed by atoms with E-state index in [-0.39, 0.29) is 17.4 Å². The average molecular weight is 519 g/mol. The Hall–Kier alpha value is -2.24. The molecule has 6 heteroatoms. The number of carbonyl (C=O) groups is 2. The Bertz CT molecular complexity index is 735. The Balaban J connectivity index is 0. The Morgan fingerprint density at radius 3 is 2.03 bits per heavy atom. The van der Waals surface area contributed by atoms with E-state index in [0.717, 1.165) is 37.1 Å². The first kappa shape index (κ1) is 36.9. The summed E-state index contributed by atoms with van der Waals surface area (Å²) >= 11 is 0. The number of allylic oxidation sites excluding steroid dienone is 2. The highest BCUT2D eigenvalue weighted by Gasteiger charge is 2.30. The summed E-state index contributed by atoms with van der Waals surface area (Å²) in [6.45, 7) is 19.5. The second-order valence-corrected chi connectivity index (χ2v) is 10.1. The van der Waals surface area contributed by atoms with Gasteiger partial charge in [0.25, 0.3) is 0 Å². The number of amides is 2. The summed E-state index contributed by atoms with van der Waals surface area (Å²) in [7, 11) is 1.57.